The molecule has 6 heteroatoms. The molecule has 1 N–H and O–H groups in total. The van der Waals surface area contributed by atoms with E-state index >= 15 is 0 Å². The number of methoxy groups -OCH3 is 1. The number of ether oxygens (including phenoxy) is 1. The summed E-state index contributed by atoms with van der Waals surface area (Å²) < 4.78 is 16.8. The second-order valence-electron chi connectivity index (χ2n) is 3.11. The van der Waals surface area contributed by atoms with Crippen molar-refractivity contribution in [3.05, 3.63) is 0 Å². The summed E-state index contributed by atoms with van der Waals surface area (Å²) in [5.74, 6) is -0.622. The highest BCUT2D eigenvalue weighted by Gasteiger charge is 2.41. The molecule has 1 heterocycles. The molecule has 80 valence electrons. The highest BCUT2D eigenvalue weighted by molar-refractivity contribution is 5.81. The third-order valence-electron chi connectivity index (χ3n) is 2.37. The smallest absolute Gasteiger partial charge is 0.408 e. The molecule has 0 spiro atoms. The van der Waals surface area contributed by atoms with Crippen LogP contribution in [0.5, 0.6) is 0 Å². The summed E-state index contributed by atoms with van der Waals surface area (Å²) in [6, 6.07) is -1.56. The average Bonchev–Trinajstić information content (AvgIpc) is 2.59. The quantitative estimate of drug-likeness (QED) is 0.672. The lowest BCUT2D eigenvalue weighted by Gasteiger charge is -2.23. The van der Waals surface area contributed by atoms with Crippen molar-refractivity contribution in [3.63, 3.8) is 0 Å². The van der Waals surface area contributed by atoms with E-state index in [0.29, 0.717) is 12.8 Å². The van der Waals surface area contributed by atoms with Crippen LogP contribution in [0.4, 0.5) is 9.18 Å². The molecule has 2 atom stereocenters. The van der Waals surface area contributed by atoms with Gasteiger partial charge in [0.2, 0.25) is 0 Å². The van der Waals surface area contributed by atoms with Crippen LogP contribution in [0.2, 0.25) is 0 Å². The Labute approximate surface area is 80.4 Å². The Morgan fingerprint density at radius 2 is 2.21 bits per heavy atom. The van der Waals surface area contributed by atoms with E-state index in [1.54, 1.807) is 0 Å². The molecule has 1 aliphatic rings. The lowest BCUT2D eigenvalue weighted by atomic mass is 10.2. The molecule has 1 saturated heterocycles. The number of hydrogen-bond donors (Lipinski definition) is 1. The molecule has 0 radical (unpaired) electrons. The average molecular weight is 205 g/mol. The fourth-order valence-corrected chi connectivity index (χ4v) is 1.69. The van der Waals surface area contributed by atoms with Gasteiger partial charge in [0.15, 0.2) is 0 Å². The van der Waals surface area contributed by atoms with Crippen molar-refractivity contribution in [1.82, 2.24) is 4.90 Å². The molecular formula is C8H12FNO4. The summed E-state index contributed by atoms with van der Waals surface area (Å²) in [5, 5.41) is 8.78. The maximum absolute atomic E-state index is 12.4. The first-order valence-corrected chi connectivity index (χ1v) is 4.26. The minimum atomic E-state index is -1.28. The van der Waals surface area contributed by atoms with Crippen molar-refractivity contribution in [1.29, 1.82) is 0 Å². The Hall–Kier alpha value is -1.33. The van der Waals surface area contributed by atoms with Gasteiger partial charge >= 0.3 is 12.1 Å². The summed E-state index contributed by atoms with van der Waals surface area (Å²) in [6.45, 7) is -0.764. The number of nitrogens with zero attached hydrogens (tertiary/aromatic N) is 1. The van der Waals surface area contributed by atoms with Gasteiger partial charge in [-0.25, -0.2) is 14.0 Å². The highest BCUT2D eigenvalue weighted by Crippen LogP contribution is 2.25. The summed E-state index contributed by atoms with van der Waals surface area (Å²) in [6.07, 6.45) is -0.587. The second kappa shape index (κ2) is 4.26. The largest absolute Gasteiger partial charge is 0.467 e. The lowest BCUT2D eigenvalue weighted by Crippen LogP contribution is -2.45. The fourth-order valence-electron chi connectivity index (χ4n) is 1.69. The molecule has 14 heavy (non-hydrogen) atoms. The van der Waals surface area contributed by atoms with E-state index in [2.05, 4.69) is 4.74 Å². The van der Waals surface area contributed by atoms with E-state index in [4.69, 9.17) is 5.11 Å². The SMILES string of the molecule is COC(=O)C1CCC(CF)N1C(=O)O. The third-order valence-corrected chi connectivity index (χ3v) is 2.37. The number of amides is 1. The van der Waals surface area contributed by atoms with Crippen LogP contribution >= 0.6 is 0 Å². The molecule has 5 nitrogen and oxygen atoms in total. The van der Waals surface area contributed by atoms with Gasteiger partial charge < -0.3 is 9.84 Å². The van der Waals surface area contributed by atoms with E-state index in [1.165, 1.54) is 7.11 Å². The molecule has 0 aromatic rings. The zero-order chi connectivity index (χ0) is 10.7. The van der Waals surface area contributed by atoms with Crippen molar-refractivity contribution in [2.75, 3.05) is 13.8 Å². The zero-order valence-electron chi connectivity index (χ0n) is 7.77. The van der Waals surface area contributed by atoms with Crippen LogP contribution < -0.4 is 0 Å². The van der Waals surface area contributed by atoms with Gasteiger partial charge in [-0.15, -0.1) is 0 Å². The Morgan fingerprint density at radius 1 is 1.57 bits per heavy atom. The molecule has 0 saturated carbocycles. The summed E-state index contributed by atoms with van der Waals surface area (Å²) in [7, 11) is 1.19. The molecule has 1 amide bonds. The Balaban J connectivity index is 2.78. The number of rotatable bonds is 2. The summed E-state index contributed by atoms with van der Waals surface area (Å²) in [4.78, 5) is 22.7. The van der Waals surface area contributed by atoms with Gasteiger partial charge in [-0.3, -0.25) is 4.90 Å². The van der Waals surface area contributed by atoms with E-state index in [0.717, 1.165) is 4.90 Å². The van der Waals surface area contributed by atoms with Crippen LogP contribution in [0.25, 0.3) is 0 Å². The normalized spacial score (nSPS) is 26.3. The van der Waals surface area contributed by atoms with Crippen molar-refractivity contribution in [2.24, 2.45) is 0 Å². The van der Waals surface area contributed by atoms with Gasteiger partial charge in [-0.05, 0) is 12.8 Å². The van der Waals surface area contributed by atoms with Crippen LogP contribution in [0.15, 0.2) is 0 Å². The van der Waals surface area contributed by atoms with Crippen molar-refractivity contribution in [3.8, 4) is 0 Å². The predicted octanol–water partition coefficient (Wildman–Crippen LogP) is 0.640. The van der Waals surface area contributed by atoms with Crippen molar-refractivity contribution in [2.45, 2.75) is 24.9 Å². The number of esters is 1. The number of carbonyl (C=O) groups is 2. The number of likely N-dealkylation sites (tertiary alicyclic amines) is 1. The van der Waals surface area contributed by atoms with E-state index in [-0.39, 0.29) is 0 Å². The molecule has 2 unspecified atom stereocenters. The van der Waals surface area contributed by atoms with E-state index < -0.39 is 30.8 Å². The minimum absolute atomic E-state index is 0.327. The predicted molar refractivity (Wildman–Crippen MR) is 44.7 cm³/mol. The van der Waals surface area contributed by atoms with E-state index in [9.17, 15) is 14.0 Å². The molecule has 0 aromatic carbocycles. The first kappa shape index (κ1) is 10.7. The molecule has 0 aliphatic carbocycles. The first-order valence-electron chi connectivity index (χ1n) is 4.26. The molecule has 1 fully saturated rings. The topological polar surface area (TPSA) is 66.8 Å². The van der Waals surface area contributed by atoms with Crippen LogP contribution in [-0.4, -0.2) is 47.9 Å². The highest BCUT2D eigenvalue weighted by atomic mass is 19.1. The van der Waals surface area contributed by atoms with Crippen LogP contribution in [0.3, 0.4) is 0 Å². The van der Waals surface area contributed by atoms with Gasteiger partial charge in [-0.1, -0.05) is 0 Å². The third kappa shape index (κ3) is 1.78. The lowest BCUT2D eigenvalue weighted by molar-refractivity contribution is -0.145. The monoisotopic (exact) mass is 205 g/mol. The zero-order valence-corrected chi connectivity index (χ0v) is 7.77. The molecular weight excluding hydrogens is 193 g/mol. The number of carbonyl (C=O) groups excluding carboxylic acids is 1. The molecule has 0 aromatic heterocycles. The second-order valence-corrected chi connectivity index (χ2v) is 3.11. The number of hydrogen-bond acceptors (Lipinski definition) is 3. The summed E-state index contributed by atoms with van der Waals surface area (Å²) in [5.41, 5.74) is 0. The van der Waals surface area contributed by atoms with Crippen molar-refractivity contribution < 1.29 is 23.8 Å². The number of halogens is 1. The Bertz CT molecular complexity index is 245. The van der Waals surface area contributed by atoms with Crippen LogP contribution in [0.1, 0.15) is 12.8 Å². The van der Waals surface area contributed by atoms with Gasteiger partial charge in [0.1, 0.15) is 12.7 Å². The summed E-state index contributed by atoms with van der Waals surface area (Å²) >= 11 is 0. The Morgan fingerprint density at radius 3 is 2.64 bits per heavy atom. The first-order chi connectivity index (χ1) is 6.61. The number of carboxylic acid groups (broad SMARTS) is 1. The molecule has 0 bridgehead atoms. The maximum Gasteiger partial charge on any atom is 0.408 e. The van der Waals surface area contributed by atoms with Crippen LogP contribution in [0, 0.1) is 0 Å². The van der Waals surface area contributed by atoms with Gasteiger partial charge in [0.25, 0.3) is 0 Å². The van der Waals surface area contributed by atoms with E-state index in [1.807, 2.05) is 0 Å². The van der Waals surface area contributed by atoms with Gasteiger partial charge in [0.05, 0.1) is 13.2 Å². The Kier molecular flexibility index (Phi) is 3.27. The maximum atomic E-state index is 12.4. The standard InChI is InChI=1S/C8H12FNO4/c1-14-7(11)6-3-2-5(4-9)10(6)8(12)13/h5-6H,2-4H2,1H3,(H,12,13). The minimum Gasteiger partial charge on any atom is -0.467 e. The van der Waals surface area contributed by atoms with Crippen LogP contribution in [-0.2, 0) is 9.53 Å². The molecule has 1 rings (SSSR count). The van der Waals surface area contributed by atoms with Gasteiger partial charge in [-0.2, -0.15) is 0 Å². The van der Waals surface area contributed by atoms with Crippen molar-refractivity contribution >= 4 is 12.1 Å². The van der Waals surface area contributed by atoms with Gasteiger partial charge in [0, 0.05) is 0 Å². The fraction of sp³-hybridized carbons (Fsp3) is 0.750. The number of alkyl halides is 1. The molecule has 1 aliphatic heterocycles.